The molecule has 1 aromatic carbocycles. The Bertz CT molecular complexity index is 1450. The van der Waals surface area contributed by atoms with Crippen molar-refractivity contribution in [3.63, 3.8) is 0 Å². The van der Waals surface area contributed by atoms with Crippen LogP contribution in [-0.4, -0.2) is 35.6 Å². The molecule has 158 valence electrons. The number of hydrogen-bond acceptors (Lipinski definition) is 7. The normalized spacial score (nSPS) is 17.7. The third kappa shape index (κ3) is 3.66. The molecule has 1 aliphatic heterocycles. The molecule has 1 saturated heterocycles. The Morgan fingerprint density at radius 2 is 2.00 bits per heavy atom. The van der Waals surface area contributed by atoms with E-state index < -0.39 is 27.4 Å². The van der Waals surface area contributed by atoms with Gasteiger partial charge in [-0.25, -0.2) is 13.2 Å². The van der Waals surface area contributed by atoms with Crippen LogP contribution >= 0.6 is 0 Å². The Morgan fingerprint density at radius 3 is 2.74 bits per heavy atom. The standard InChI is InChI=1S/C21H17N3O6S/c25-20(22-16-10-13-4-1-2-5-18(13)30-21(16)26)15-11-17(19-6-3-8-29-19)24(23-15)14-7-9-31(27,28)12-14/h1-6,8,10-11,14H,7,9,12H2,(H,22,25)/t14-/m1/s1. The number of carbonyl (C=O) groups is 1. The average molecular weight is 439 g/mol. The summed E-state index contributed by atoms with van der Waals surface area (Å²) in [6.07, 6.45) is 1.88. The van der Waals surface area contributed by atoms with E-state index in [9.17, 15) is 18.0 Å². The Hall–Kier alpha value is -3.66. The van der Waals surface area contributed by atoms with Gasteiger partial charge in [0, 0.05) is 11.5 Å². The minimum absolute atomic E-state index is 0.0127. The van der Waals surface area contributed by atoms with Crippen molar-refractivity contribution in [2.45, 2.75) is 12.5 Å². The van der Waals surface area contributed by atoms with Crippen LogP contribution in [0.3, 0.4) is 0 Å². The summed E-state index contributed by atoms with van der Waals surface area (Å²) >= 11 is 0. The average Bonchev–Trinajstić information content (AvgIpc) is 3.47. The number of fused-ring (bicyclic) bond motifs is 1. The van der Waals surface area contributed by atoms with Crippen molar-refractivity contribution in [3.8, 4) is 11.5 Å². The van der Waals surface area contributed by atoms with Gasteiger partial charge in [-0.05, 0) is 30.7 Å². The molecule has 1 fully saturated rings. The minimum atomic E-state index is -3.16. The fraction of sp³-hybridized carbons (Fsp3) is 0.190. The number of nitrogens with one attached hydrogen (secondary N) is 1. The van der Waals surface area contributed by atoms with Gasteiger partial charge in [-0.15, -0.1) is 0 Å². The van der Waals surface area contributed by atoms with Crippen LogP contribution in [0.1, 0.15) is 23.0 Å². The number of benzene rings is 1. The first-order chi connectivity index (χ1) is 14.9. The number of para-hydroxylation sites is 1. The van der Waals surface area contributed by atoms with Crippen molar-refractivity contribution in [2.75, 3.05) is 16.8 Å². The summed E-state index contributed by atoms with van der Waals surface area (Å²) in [4.78, 5) is 25.1. The maximum absolute atomic E-state index is 12.9. The van der Waals surface area contributed by atoms with Crippen LogP contribution in [0.5, 0.6) is 0 Å². The number of carbonyl (C=O) groups excluding carboxylic acids is 1. The van der Waals surface area contributed by atoms with Gasteiger partial charge in [0.1, 0.15) is 17.0 Å². The fourth-order valence-corrected chi connectivity index (χ4v) is 5.39. The van der Waals surface area contributed by atoms with E-state index in [2.05, 4.69) is 10.4 Å². The maximum atomic E-state index is 12.9. The van der Waals surface area contributed by atoms with Crippen molar-refractivity contribution in [1.82, 2.24) is 9.78 Å². The van der Waals surface area contributed by atoms with Gasteiger partial charge in [-0.3, -0.25) is 9.48 Å². The highest BCUT2D eigenvalue weighted by Gasteiger charge is 2.32. The smallest absolute Gasteiger partial charge is 0.360 e. The van der Waals surface area contributed by atoms with Gasteiger partial charge in [0.25, 0.3) is 5.91 Å². The van der Waals surface area contributed by atoms with E-state index in [-0.39, 0.29) is 22.9 Å². The highest BCUT2D eigenvalue weighted by Crippen LogP contribution is 2.30. The van der Waals surface area contributed by atoms with Gasteiger partial charge >= 0.3 is 5.63 Å². The summed E-state index contributed by atoms with van der Waals surface area (Å²) in [5, 5.41) is 7.55. The van der Waals surface area contributed by atoms with Gasteiger partial charge < -0.3 is 14.2 Å². The summed E-state index contributed by atoms with van der Waals surface area (Å²) in [6.45, 7) is 0. The summed E-state index contributed by atoms with van der Waals surface area (Å²) < 4.78 is 36.1. The van der Waals surface area contributed by atoms with Gasteiger partial charge in [0.05, 0.1) is 23.8 Å². The van der Waals surface area contributed by atoms with Crippen molar-refractivity contribution in [1.29, 1.82) is 0 Å². The number of amides is 1. The molecule has 0 radical (unpaired) electrons. The van der Waals surface area contributed by atoms with Crippen molar-refractivity contribution < 1.29 is 22.0 Å². The van der Waals surface area contributed by atoms with Crippen LogP contribution in [0.25, 0.3) is 22.4 Å². The molecular formula is C21H17N3O6S. The summed E-state index contributed by atoms with van der Waals surface area (Å²) in [7, 11) is -3.16. The molecular weight excluding hydrogens is 422 g/mol. The molecule has 1 atom stereocenters. The number of aromatic nitrogens is 2. The fourth-order valence-electron chi connectivity index (χ4n) is 3.70. The molecule has 5 rings (SSSR count). The predicted octanol–water partition coefficient (Wildman–Crippen LogP) is 2.86. The molecule has 31 heavy (non-hydrogen) atoms. The van der Waals surface area contributed by atoms with Crippen molar-refractivity contribution in [2.24, 2.45) is 0 Å². The molecule has 0 saturated carbocycles. The number of furan rings is 1. The monoisotopic (exact) mass is 439 g/mol. The molecule has 1 N–H and O–H groups in total. The lowest BCUT2D eigenvalue weighted by atomic mass is 10.2. The van der Waals surface area contributed by atoms with E-state index in [1.165, 1.54) is 23.1 Å². The lowest BCUT2D eigenvalue weighted by Crippen LogP contribution is -2.19. The molecule has 1 amide bonds. The Balaban J connectivity index is 1.50. The summed E-state index contributed by atoms with van der Waals surface area (Å²) in [5.41, 5.74) is 0.240. The lowest BCUT2D eigenvalue weighted by Gasteiger charge is -2.11. The van der Waals surface area contributed by atoms with Crippen LogP contribution in [0, 0.1) is 0 Å². The molecule has 10 heteroatoms. The van der Waals surface area contributed by atoms with Crippen LogP contribution in [0.15, 0.2) is 68.4 Å². The van der Waals surface area contributed by atoms with E-state index in [0.717, 1.165) is 0 Å². The SMILES string of the molecule is O=C(Nc1cc2ccccc2oc1=O)c1cc(-c2ccco2)n([C@@H]2CCS(=O)(=O)C2)n1. The third-order valence-electron chi connectivity index (χ3n) is 5.19. The van der Waals surface area contributed by atoms with E-state index in [0.29, 0.717) is 28.8 Å². The second-order valence-electron chi connectivity index (χ2n) is 7.33. The zero-order chi connectivity index (χ0) is 21.6. The molecule has 9 nitrogen and oxygen atoms in total. The quantitative estimate of drug-likeness (QED) is 0.485. The number of anilines is 1. The lowest BCUT2D eigenvalue weighted by molar-refractivity contribution is 0.102. The van der Waals surface area contributed by atoms with Gasteiger partial charge in [-0.2, -0.15) is 5.10 Å². The second-order valence-corrected chi connectivity index (χ2v) is 9.56. The Morgan fingerprint density at radius 1 is 1.16 bits per heavy atom. The third-order valence-corrected chi connectivity index (χ3v) is 6.94. The van der Waals surface area contributed by atoms with Crippen LogP contribution < -0.4 is 10.9 Å². The van der Waals surface area contributed by atoms with Gasteiger partial charge in [0.15, 0.2) is 21.3 Å². The van der Waals surface area contributed by atoms with E-state index >= 15 is 0 Å². The van der Waals surface area contributed by atoms with Gasteiger partial charge in [-0.1, -0.05) is 18.2 Å². The van der Waals surface area contributed by atoms with E-state index in [1.54, 1.807) is 36.4 Å². The van der Waals surface area contributed by atoms with E-state index in [4.69, 9.17) is 8.83 Å². The molecule has 0 aliphatic carbocycles. The molecule has 0 bridgehead atoms. The largest absolute Gasteiger partial charge is 0.463 e. The first-order valence-electron chi connectivity index (χ1n) is 9.58. The second kappa shape index (κ2) is 7.24. The zero-order valence-electron chi connectivity index (χ0n) is 16.1. The molecule has 3 aromatic heterocycles. The van der Waals surface area contributed by atoms with Crippen molar-refractivity contribution >= 4 is 32.4 Å². The number of hydrogen-bond donors (Lipinski definition) is 1. The van der Waals surface area contributed by atoms with Crippen LogP contribution in [0.4, 0.5) is 5.69 Å². The Labute approximate surface area is 176 Å². The molecule has 1 aliphatic rings. The zero-order valence-corrected chi connectivity index (χ0v) is 17.0. The molecule has 4 heterocycles. The number of nitrogens with zero attached hydrogens (tertiary/aromatic N) is 2. The Kier molecular flexibility index (Phi) is 4.51. The van der Waals surface area contributed by atoms with E-state index in [1.807, 2.05) is 0 Å². The van der Waals surface area contributed by atoms with Crippen LogP contribution in [-0.2, 0) is 9.84 Å². The highest BCUT2D eigenvalue weighted by atomic mass is 32.2. The van der Waals surface area contributed by atoms with Crippen LogP contribution in [0.2, 0.25) is 0 Å². The highest BCUT2D eigenvalue weighted by molar-refractivity contribution is 7.91. The number of sulfone groups is 1. The molecule has 0 unspecified atom stereocenters. The van der Waals surface area contributed by atoms with Crippen molar-refractivity contribution in [3.05, 3.63) is 70.9 Å². The molecule has 4 aromatic rings. The summed E-state index contributed by atoms with van der Waals surface area (Å²) in [5.74, 6) is -0.150. The first-order valence-corrected chi connectivity index (χ1v) is 11.4. The predicted molar refractivity (Wildman–Crippen MR) is 113 cm³/mol. The number of rotatable bonds is 4. The summed E-state index contributed by atoms with van der Waals surface area (Å²) in [6, 6.07) is 13.0. The first kappa shape index (κ1) is 19.3. The maximum Gasteiger partial charge on any atom is 0.360 e. The molecule has 0 spiro atoms. The van der Waals surface area contributed by atoms with Gasteiger partial charge in [0.2, 0.25) is 0 Å². The topological polar surface area (TPSA) is 124 Å². The minimum Gasteiger partial charge on any atom is -0.463 e.